The monoisotopic (exact) mass is 554 g/mol. The lowest BCUT2D eigenvalue weighted by Crippen LogP contribution is -2.51. The van der Waals surface area contributed by atoms with Crippen molar-refractivity contribution < 1.29 is 8.83 Å². The molecule has 3 saturated carbocycles. The maximum atomic E-state index is 5.89. The van der Waals surface area contributed by atoms with Gasteiger partial charge in [0.25, 0.3) is 0 Å². The molecule has 0 N–H and O–H groups in total. The Balaban J connectivity index is 1.29. The van der Waals surface area contributed by atoms with Gasteiger partial charge in [-0.15, -0.1) is 0 Å². The highest BCUT2D eigenvalue weighted by atomic mass is 16.3. The summed E-state index contributed by atoms with van der Waals surface area (Å²) in [5.41, 5.74) is 5.23. The quantitative estimate of drug-likeness (QED) is 0.324. The minimum Gasteiger partial charge on any atom is -0.465 e. The molecular formula is C39H54O2. The Morgan fingerprint density at radius 1 is 0.902 bits per heavy atom. The Morgan fingerprint density at radius 2 is 1.63 bits per heavy atom. The van der Waals surface area contributed by atoms with Crippen LogP contribution in [0.25, 0.3) is 12.2 Å². The fourth-order valence-corrected chi connectivity index (χ4v) is 10.5. The average molecular weight is 555 g/mol. The Bertz CT molecular complexity index is 1260. The van der Waals surface area contributed by atoms with E-state index in [4.69, 9.17) is 8.83 Å². The molecule has 0 unspecified atom stereocenters. The zero-order valence-electron chi connectivity index (χ0n) is 26.6. The predicted molar refractivity (Wildman–Crippen MR) is 171 cm³/mol. The third kappa shape index (κ3) is 5.27. The van der Waals surface area contributed by atoms with Gasteiger partial charge < -0.3 is 8.83 Å². The predicted octanol–water partition coefficient (Wildman–Crippen LogP) is 11.6. The molecule has 0 aromatic carbocycles. The van der Waals surface area contributed by atoms with Crippen molar-refractivity contribution in [2.45, 2.75) is 106 Å². The van der Waals surface area contributed by atoms with E-state index in [1.165, 1.54) is 68.9 Å². The molecule has 2 heterocycles. The summed E-state index contributed by atoms with van der Waals surface area (Å²) in [6, 6.07) is 8.21. The molecule has 8 atom stereocenters. The van der Waals surface area contributed by atoms with Gasteiger partial charge in [-0.1, -0.05) is 60.5 Å². The van der Waals surface area contributed by atoms with Gasteiger partial charge in [0.05, 0.1) is 12.5 Å². The summed E-state index contributed by atoms with van der Waals surface area (Å²) in [5, 5.41) is 0. The number of hydrogen-bond acceptors (Lipinski definition) is 2. The van der Waals surface area contributed by atoms with E-state index in [-0.39, 0.29) is 5.41 Å². The molecule has 0 amide bonds. The van der Waals surface area contributed by atoms with Crippen LogP contribution in [0.2, 0.25) is 0 Å². The van der Waals surface area contributed by atoms with Gasteiger partial charge in [0, 0.05) is 0 Å². The maximum Gasteiger partial charge on any atom is 0.126 e. The van der Waals surface area contributed by atoms with Gasteiger partial charge in [-0.3, -0.25) is 0 Å². The molecule has 0 spiro atoms. The van der Waals surface area contributed by atoms with Crippen LogP contribution in [0, 0.1) is 52.3 Å². The summed E-state index contributed by atoms with van der Waals surface area (Å²) >= 11 is 0. The Morgan fingerprint density at radius 3 is 2.29 bits per heavy atom. The third-order valence-electron chi connectivity index (χ3n) is 12.9. The fourth-order valence-electron chi connectivity index (χ4n) is 10.5. The minimum absolute atomic E-state index is 0.235. The largest absolute Gasteiger partial charge is 0.465 e. The van der Waals surface area contributed by atoms with E-state index in [9.17, 15) is 0 Å². The second kappa shape index (κ2) is 11.5. The first-order valence-corrected chi connectivity index (χ1v) is 16.9. The summed E-state index contributed by atoms with van der Waals surface area (Å²) in [7, 11) is 0. The lowest BCUT2D eigenvalue weighted by atomic mass is 9.45. The minimum atomic E-state index is 0.235. The van der Waals surface area contributed by atoms with Gasteiger partial charge in [0.1, 0.15) is 11.5 Å². The molecular weight excluding hydrogens is 500 g/mol. The second-order valence-electron chi connectivity index (χ2n) is 15.2. The van der Waals surface area contributed by atoms with Gasteiger partial charge in [0.15, 0.2) is 0 Å². The molecule has 0 aliphatic heterocycles. The average Bonchev–Trinajstić information content (AvgIpc) is 3.71. The third-order valence-corrected chi connectivity index (χ3v) is 12.9. The number of rotatable bonds is 8. The zero-order chi connectivity index (χ0) is 28.8. The van der Waals surface area contributed by atoms with Crippen LogP contribution in [0.5, 0.6) is 0 Å². The topological polar surface area (TPSA) is 26.3 Å². The van der Waals surface area contributed by atoms with Crippen LogP contribution in [0.1, 0.15) is 117 Å². The molecule has 2 aromatic heterocycles. The van der Waals surface area contributed by atoms with Crippen molar-refractivity contribution in [3.8, 4) is 0 Å². The van der Waals surface area contributed by atoms with Crippen LogP contribution >= 0.6 is 0 Å². The van der Waals surface area contributed by atoms with Crippen LogP contribution < -0.4 is 0 Å². The van der Waals surface area contributed by atoms with Crippen LogP contribution in [0.4, 0.5) is 0 Å². The fraction of sp³-hybridized carbons (Fsp3) is 0.641. The standard InChI is InChI=1S/C39H54O2/c1-7-29(26(2)3)13-12-27(4)34-14-15-35-33-25-30(24-32-11-9-21-41-32)37-23-28(22-31-10-8-20-40-31)16-18-39(37,6)36(33)17-19-38(34,35)5/h8-11,20-24,26-27,29,33-36H,7,12-19,25H2,1-6H3/b28-22+,30-24-/t27-,29-,33+,34-,35+,36+,38-,39-/m1/s1. The molecule has 4 aliphatic carbocycles. The molecule has 0 radical (unpaired) electrons. The number of furan rings is 2. The van der Waals surface area contributed by atoms with E-state index in [0.717, 1.165) is 59.4 Å². The summed E-state index contributed by atoms with van der Waals surface area (Å²) in [6.45, 7) is 15.2. The highest BCUT2D eigenvalue weighted by Crippen LogP contribution is 2.69. The SMILES string of the molecule is CC[C@H](CC[C@@H](C)[C@H]1CC[C@H]2[C@@H]3C/C(=C/c4ccco4)C4=C/C(=C/c5ccco5)CC[C@]4(C)[C@H]3CC[C@]12C)C(C)C. The van der Waals surface area contributed by atoms with Crippen molar-refractivity contribution in [3.63, 3.8) is 0 Å². The Labute approximate surface area is 249 Å². The van der Waals surface area contributed by atoms with Gasteiger partial charge in [0.2, 0.25) is 0 Å². The summed E-state index contributed by atoms with van der Waals surface area (Å²) in [4.78, 5) is 0. The van der Waals surface area contributed by atoms with Crippen LogP contribution in [0.3, 0.4) is 0 Å². The van der Waals surface area contributed by atoms with Crippen molar-refractivity contribution in [1.29, 1.82) is 0 Å². The van der Waals surface area contributed by atoms with Crippen molar-refractivity contribution in [2.24, 2.45) is 52.3 Å². The van der Waals surface area contributed by atoms with Gasteiger partial charge in [-0.05, 0) is 157 Å². The summed E-state index contributed by atoms with van der Waals surface area (Å²) < 4.78 is 11.6. The van der Waals surface area contributed by atoms with E-state index in [1.807, 2.05) is 18.4 Å². The first kappa shape index (κ1) is 28.9. The maximum absolute atomic E-state index is 5.89. The van der Waals surface area contributed by atoms with E-state index >= 15 is 0 Å². The number of fused-ring (bicyclic) bond motifs is 5. The smallest absolute Gasteiger partial charge is 0.126 e. The van der Waals surface area contributed by atoms with Crippen molar-refractivity contribution in [1.82, 2.24) is 0 Å². The van der Waals surface area contributed by atoms with Gasteiger partial charge in [-0.25, -0.2) is 0 Å². The summed E-state index contributed by atoms with van der Waals surface area (Å²) in [5.74, 6) is 7.78. The molecule has 2 aromatic rings. The van der Waals surface area contributed by atoms with Gasteiger partial charge in [-0.2, -0.15) is 0 Å². The molecule has 0 bridgehead atoms. The zero-order valence-corrected chi connectivity index (χ0v) is 26.6. The molecule has 2 heteroatoms. The molecule has 41 heavy (non-hydrogen) atoms. The highest BCUT2D eigenvalue weighted by Gasteiger charge is 2.60. The van der Waals surface area contributed by atoms with Crippen molar-refractivity contribution in [3.05, 3.63) is 71.1 Å². The number of hydrogen-bond donors (Lipinski definition) is 0. The van der Waals surface area contributed by atoms with Crippen LogP contribution in [-0.4, -0.2) is 0 Å². The lowest BCUT2D eigenvalue weighted by Gasteiger charge is -2.59. The first-order chi connectivity index (χ1) is 19.7. The van der Waals surface area contributed by atoms with Crippen molar-refractivity contribution >= 4 is 12.2 Å². The lowest BCUT2D eigenvalue weighted by molar-refractivity contribution is -0.0493. The number of allylic oxidation sites excluding steroid dienone is 4. The second-order valence-corrected chi connectivity index (χ2v) is 15.2. The Kier molecular flexibility index (Phi) is 8.07. The molecule has 2 nitrogen and oxygen atoms in total. The van der Waals surface area contributed by atoms with E-state index < -0.39 is 0 Å². The van der Waals surface area contributed by atoms with Gasteiger partial charge >= 0.3 is 0 Å². The molecule has 0 saturated heterocycles. The van der Waals surface area contributed by atoms with E-state index in [2.05, 4.69) is 71.9 Å². The molecule has 6 rings (SSSR count). The molecule has 4 aliphatic rings. The van der Waals surface area contributed by atoms with Crippen LogP contribution in [-0.2, 0) is 0 Å². The highest BCUT2D eigenvalue weighted by molar-refractivity contribution is 5.63. The molecule has 3 fully saturated rings. The Hall–Kier alpha value is -2.22. The van der Waals surface area contributed by atoms with E-state index in [1.54, 1.807) is 11.8 Å². The first-order valence-electron chi connectivity index (χ1n) is 16.9. The summed E-state index contributed by atoms with van der Waals surface area (Å²) in [6.07, 6.45) is 24.2. The normalized spacial score (nSPS) is 36.6. The van der Waals surface area contributed by atoms with E-state index in [0.29, 0.717) is 5.41 Å². The van der Waals surface area contributed by atoms with Crippen LogP contribution in [0.15, 0.2) is 68.4 Å². The van der Waals surface area contributed by atoms with Crippen molar-refractivity contribution in [2.75, 3.05) is 0 Å². The molecule has 222 valence electrons.